The maximum atomic E-state index is 5.60. The van der Waals surface area contributed by atoms with Crippen LogP contribution in [0.25, 0.3) is 0 Å². The van der Waals surface area contributed by atoms with Gasteiger partial charge < -0.3 is 16.0 Å². The number of likely N-dealkylation sites (tertiary alicyclic amines) is 1. The summed E-state index contributed by atoms with van der Waals surface area (Å²) in [5, 5.41) is 3.37. The van der Waals surface area contributed by atoms with Gasteiger partial charge in [0.25, 0.3) is 0 Å². The topological polar surface area (TPSA) is 41.3 Å². The highest BCUT2D eigenvalue weighted by Gasteiger charge is 2.11. The summed E-state index contributed by atoms with van der Waals surface area (Å²) in [6.07, 6.45) is 1.36. The molecule has 0 unspecified atom stereocenters. The first-order valence-electron chi connectivity index (χ1n) is 5.16. The smallest absolute Gasteiger partial charge is 0.0342 e. The Kier molecular flexibility index (Phi) is 2.89. The molecule has 1 aromatic carbocycles. The third-order valence-electron chi connectivity index (χ3n) is 2.62. The Morgan fingerprint density at radius 2 is 1.93 bits per heavy atom. The molecule has 3 N–H and O–H groups in total. The fourth-order valence-electron chi connectivity index (χ4n) is 1.56. The number of hydrogen-bond donors (Lipinski definition) is 2. The lowest BCUT2D eigenvalue weighted by atomic mass is 10.2. The summed E-state index contributed by atoms with van der Waals surface area (Å²) in [4.78, 5) is 2.45. The van der Waals surface area contributed by atoms with Gasteiger partial charge in [-0.15, -0.1) is 0 Å². The molecule has 0 spiro atoms. The number of rotatable bonds is 4. The predicted molar refractivity (Wildman–Crippen MR) is 60.4 cm³/mol. The lowest BCUT2D eigenvalue weighted by Gasteiger charge is -2.30. The van der Waals surface area contributed by atoms with Crippen molar-refractivity contribution < 1.29 is 0 Å². The van der Waals surface area contributed by atoms with Crippen molar-refractivity contribution in [2.24, 2.45) is 0 Å². The average Bonchev–Trinajstić information content (AvgIpc) is 2.12. The zero-order chi connectivity index (χ0) is 9.80. The van der Waals surface area contributed by atoms with E-state index in [2.05, 4.69) is 10.2 Å². The van der Waals surface area contributed by atoms with Crippen molar-refractivity contribution in [2.45, 2.75) is 6.42 Å². The van der Waals surface area contributed by atoms with Gasteiger partial charge in [-0.05, 0) is 43.8 Å². The highest BCUT2D eigenvalue weighted by molar-refractivity contribution is 5.51. The van der Waals surface area contributed by atoms with Crippen LogP contribution in [0.2, 0.25) is 0 Å². The molecule has 76 valence electrons. The maximum Gasteiger partial charge on any atom is 0.0342 e. The molecular weight excluding hydrogens is 174 g/mol. The first kappa shape index (κ1) is 9.34. The summed E-state index contributed by atoms with van der Waals surface area (Å²) in [5.74, 6) is 0. The van der Waals surface area contributed by atoms with Gasteiger partial charge in [0.05, 0.1) is 0 Å². The third kappa shape index (κ3) is 2.39. The van der Waals surface area contributed by atoms with Gasteiger partial charge in [0.2, 0.25) is 0 Å². The third-order valence-corrected chi connectivity index (χ3v) is 2.62. The van der Waals surface area contributed by atoms with E-state index in [1.807, 2.05) is 24.3 Å². The average molecular weight is 191 g/mol. The molecule has 2 rings (SSSR count). The Hall–Kier alpha value is -1.22. The van der Waals surface area contributed by atoms with Crippen LogP contribution in [0.5, 0.6) is 0 Å². The van der Waals surface area contributed by atoms with Crippen LogP contribution in [0.4, 0.5) is 11.4 Å². The number of nitrogens with one attached hydrogen (secondary N) is 1. The minimum absolute atomic E-state index is 0.818. The van der Waals surface area contributed by atoms with Crippen LogP contribution in [0, 0.1) is 0 Å². The van der Waals surface area contributed by atoms with E-state index in [0.717, 1.165) is 24.5 Å². The Balaban J connectivity index is 1.71. The summed E-state index contributed by atoms with van der Waals surface area (Å²) in [6, 6.07) is 7.88. The molecule has 0 bridgehead atoms. The van der Waals surface area contributed by atoms with Gasteiger partial charge in [-0.2, -0.15) is 0 Å². The van der Waals surface area contributed by atoms with Crippen molar-refractivity contribution in [1.82, 2.24) is 4.90 Å². The molecule has 1 aromatic rings. The molecule has 0 amide bonds. The second-order valence-electron chi connectivity index (χ2n) is 3.74. The number of nitrogen functional groups attached to an aromatic ring is 1. The van der Waals surface area contributed by atoms with E-state index in [0.29, 0.717) is 0 Å². The number of anilines is 2. The first-order chi connectivity index (χ1) is 6.84. The molecule has 1 saturated heterocycles. The zero-order valence-electron chi connectivity index (χ0n) is 8.37. The minimum atomic E-state index is 0.818. The largest absolute Gasteiger partial charge is 0.399 e. The Bertz CT molecular complexity index is 277. The van der Waals surface area contributed by atoms with Gasteiger partial charge in [-0.1, -0.05) is 0 Å². The van der Waals surface area contributed by atoms with E-state index < -0.39 is 0 Å². The van der Waals surface area contributed by atoms with Gasteiger partial charge in [0.1, 0.15) is 0 Å². The Morgan fingerprint density at radius 3 is 2.50 bits per heavy atom. The van der Waals surface area contributed by atoms with Crippen molar-refractivity contribution in [3.63, 3.8) is 0 Å². The van der Waals surface area contributed by atoms with E-state index in [4.69, 9.17) is 5.73 Å². The molecule has 1 heterocycles. The maximum absolute atomic E-state index is 5.60. The second-order valence-corrected chi connectivity index (χ2v) is 3.74. The molecule has 3 heteroatoms. The van der Waals surface area contributed by atoms with Crippen LogP contribution in [-0.2, 0) is 0 Å². The molecule has 1 aliphatic rings. The Morgan fingerprint density at radius 1 is 1.21 bits per heavy atom. The fourth-order valence-corrected chi connectivity index (χ4v) is 1.56. The van der Waals surface area contributed by atoms with Crippen molar-refractivity contribution in [2.75, 3.05) is 37.2 Å². The molecule has 0 aromatic heterocycles. The summed E-state index contributed by atoms with van der Waals surface area (Å²) in [6.45, 7) is 4.70. The molecule has 0 atom stereocenters. The Labute approximate surface area is 84.9 Å². The van der Waals surface area contributed by atoms with Crippen molar-refractivity contribution >= 4 is 11.4 Å². The van der Waals surface area contributed by atoms with Gasteiger partial charge in [-0.25, -0.2) is 0 Å². The van der Waals surface area contributed by atoms with Gasteiger partial charge in [0, 0.05) is 24.5 Å². The molecule has 0 saturated carbocycles. The first-order valence-corrected chi connectivity index (χ1v) is 5.16. The summed E-state index contributed by atoms with van der Waals surface area (Å²) >= 11 is 0. The van der Waals surface area contributed by atoms with E-state index >= 15 is 0 Å². The number of nitrogens with zero attached hydrogens (tertiary/aromatic N) is 1. The monoisotopic (exact) mass is 191 g/mol. The molecule has 0 aliphatic carbocycles. The zero-order valence-corrected chi connectivity index (χ0v) is 8.37. The fraction of sp³-hybridized carbons (Fsp3) is 0.455. The minimum Gasteiger partial charge on any atom is -0.399 e. The van der Waals surface area contributed by atoms with Crippen LogP contribution in [0.3, 0.4) is 0 Å². The molecule has 0 radical (unpaired) electrons. The highest BCUT2D eigenvalue weighted by Crippen LogP contribution is 2.10. The van der Waals surface area contributed by atoms with Crippen LogP contribution < -0.4 is 11.1 Å². The lowest BCUT2D eigenvalue weighted by Crippen LogP contribution is -2.40. The molecule has 3 nitrogen and oxygen atoms in total. The van der Waals surface area contributed by atoms with Crippen molar-refractivity contribution in [3.05, 3.63) is 24.3 Å². The van der Waals surface area contributed by atoms with Crippen LogP contribution in [0.15, 0.2) is 24.3 Å². The molecular formula is C11H17N3. The number of nitrogens with two attached hydrogens (primary N) is 1. The van der Waals surface area contributed by atoms with Gasteiger partial charge >= 0.3 is 0 Å². The van der Waals surface area contributed by atoms with Gasteiger partial charge in [0.15, 0.2) is 0 Å². The second kappa shape index (κ2) is 4.33. The van der Waals surface area contributed by atoms with Crippen molar-refractivity contribution in [1.29, 1.82) is 0 Å². The van der Waals surface area contributed by atoms with Crippen LogP contribution >= 0.6 is 0 Å². The standard InChI is InChI=1S/C11H17N3/c12-10-2-4-11(5-3-10)13-6-9-14-7-1-8-14/h2-5,13H,1,6-9,12H2. The number of benzene rings is 1. The van der Waals surface area contributed by atoms with E-state index in [1.165, 1.54) is 19.5 Å². The lowest BCUT2D eigenvalue weighted by molar-refractivity contribution is 0.189. The van der Waals surface area contributed by atoms with E-state index in [-0.39, 0.29) is 0 Å². The highest BCUT2D eigenvalue weighted by atomic mass is 15.2. The van der Waals surface area contributed by atoms with Crippen LogP contribution in [0.1, 0.15) is 6.42 Å². The number of hydrogen-bond acceptors (Lipinski definition) is 3. The van der Waals surface area contributed by atoms with Crippen molar-refractivity contribution in [3.8, 4) is 0 Å². The quantitative estimate of drug-likeness (QED) is 0.707. The molecule has 1 fully saturated rings. The van der Waals surface area contributed by atoms with E-state index in [9.17, 15) is 0 Å². The molecule has 14 heavy (non-hydrogen) atoms. The molecule has 1 aliphatic heterocycles. The van der Waals surface area contributed by atoms with Gasteiger partial charge in [-0.3, -0.25) is 0 Å². The summed E-state index contributed by atoms with van der Waals surface area (Å²) < 4.78 is 0. The van der Waals surface area contributed by atoms with Crippen LogP contribution in [-0.4, -0.2) is 31.1 Å². The van der Waals surface area contributed by atoms with E-state index in [1.54, 1.807) is 0 Å². The SMILES string of the molecule is Nc1ccc(NCCN2CCC2)cc1. The normalized spacial score (nSPS) is 16.3. The summed E-state index contributed by atoms with van der Waals surface area (Å²) in [5.41, 5.74) is 7.57. The summed E-state index contributed by atoms with van der Waals surface area (Å²) in [7, 11) is 0. The predicted octanol–water partition coefficient (Wildman–Crippen LogP) is 1.39.